The summed E-state index contributed by atoms with van der Waals surface area (Å²) in [7, 11) is 0. The number of nitrogens with two attached hydrogens (primary N) is 1. The predicted molar refractivity (Wildman–Crippen MR) is 125 cm³/mol. The van der Waals surface area contributed by atoms with Crippen molar-refractivity contribution in [1.29, 1.82) is 0 Å². The Bertz CT molecular complexity index is 218. The molecule has 2 nitrogen and oxygen atoms in total. The van der Waals surface area contributed by atoms with Crippen LogP contribution in [0.3, 0.4) is 0 Å². The van der Waals surface area contributed by atoms with Gasteiger partial charge in [-0.3, -0.25) is 0 Å². The maximum Gasteiger partial charge on any atom is -0.00484 e. The van der Waals surface area contributed by atoms with Crippen LogP contribution in [-0.4, -0.2) is 19.6 Å². The minimum absolute atomic E-state index is 0.834. The van der Waals surface area contributed by atoms with Crippen LogP contribution in [-0.2, 0) is 0 Å². The summed E-state index contributed by atoms with van der Waals surface area (Å²) in [5.74, 6) is 0. The zero-order valence-electron chi connectivity index (χ0n) is 19.0. The standard InChI is InChI=1S/C25H54N2/c1-2-3-4-5-6-7-8-9-10-11-12-13-14-15-16-17-18-19-21-24-27-25-22-20-23-26/h27H,2-26H2,1H3. The molecule has 27 heavy (non-hydrogen) atoms. The molecule has 0 aliphatic rings. The summed E-state index contributed by atoms with van der Waals surface area (Å²) in [5.41, 5.74) is 5.49. The van der Waals surface area contributed by atoms with Crippen molar-refractivity contribution in [3.63, 3.8) is 0 Å². The van der Waals surface area contributed by atoms with Crippen LogP contribution in [0.1, 0.15) is 142 Å². The van der Waals surface area contributed by atoms with Crippen LogP contribution in [0, 0.1) is 0 Å². The summed E-state index contributed by atoms with van der Waals surface area (Å²) in [6, 6.07) is 0. The van der Waals surface area contributed by atoms with Crippen LogP contribution in [0.25, 0.3) is 0 Å². The third kappa shape index (κ3) is 25.9. The van der Waals surface area contributed by atoms with Crippen molar-refractivity contribution in [1.82, 2.24) is 5.32 Å². The van der Waals surface area contributed by atoms with E-state index in [2.05, 4.69) is 12.2 Å². The Balaban J connectivity index is 2.95. The van der Waals surface area contributed by atoms with Crippen LogP contribution >= 0.6 is 0 Å². The molecule has 0 unspecified atom stereocenters. The highest BCUT2D eigenvalue weighted by Gasteiger charge is 1.95. The van der Waals surface area contributed by atoms with Gasteiger partial charge in [-0.05, 0) is 38.9 Å². The van der Waals surface area contributed by atoms with Gasteiger partial charge in [-0.2, -0.15) is 0 Å². The van der Waals surface area contributed by atoms with E-state index in [0.717, 1.165) is 19.5 Å². The summed E-state index contributed by atoms with van der Waals surface area (Å²) in [4.78, 5) is 0. The molecule has 0 radical (unpaired) electrons. The molecule has 0 heterocycles. The van der Waals surface area contributed by atoms with E-state index in [4.69, 9.17) is 5.73 Å². The Hall–Kier alpha value is -0.0800. The Kier molecular flexibility index (Phi) is 25.8. The number of rotatable bonds is 24. The summed E-state index contributed by atoms with van der Waals surface area (Å²) < 4.78 is 0. The highest BCUT2D eigenvalue weighted by molar-refractivity contribution is 4.52. The van der Waals surface area contributed by atoms with E-state index in [1.807, 2.05) is 0 Å². The van der Waals surface area contributed by atoms with Gasteiger partial charge in [-0.25, -0.2) is 0 Å². The molecule has 0 aromatic carbocycles. The van der Waals surface area contributed by atoms with Gasteiger partial charge in [0.2, 0.25) is 0 Å². The molecule has 2 heteroatoms. The van der Waals surface area contributed by atoms with E-state index >= 15 is 0 Å². The van der Waals surface area contributed by atoms with Crippen molar-refractivity contribution in [2.24, 2.45) is 5.73 Å². The maximum absolute atomic E-state index is 5.49. The van der Waals surface area contributed by atoms with Gasteiger partial charge in [0.1, 0.15) is 0 Å². The third-order valence-electron chi connectivity index (χ3n) is 5.76. The fourth-order valence-electron chi connectivity index (χ4n) is 3.85. The minimum Gasteiger partial charge on any atom is -0.330 e. The van der Waals surface area contributed by atoms with Crippen LogP contribution in [0.15, 0.2) is 0 Å². The van der Waals surface area contributed by atoms with Crippen molar-refractivity contribution in [3.05, 3.63) is 0 Å². The van der Waals surface area contributed by atoms with Crippen molar-refractivity contribution in [3.8, 4) is 0 Å². The second-order valence-electron chi connectivity index (χ2n) is 8.61. The van der Waals surface area contributed by atoms with Gasteiger partial charge in [-0.1, -0.05) is 122 Å². The average molecular weight is 383 g/mol. The number of nitrogens with one attached hydrogen (secondary N) is 1. The summed E-state index contributed by atoms with van der Waals surface area (Å²) >= 11 is 0. The molecule has 0 atom stereocenters. The average Bonchev–Trinajstić information content (AvgIpc) is 2.68. The first-order chi connectivity index (χ1) is 13.4. The van der Waals surface area contributed by atoms with Gasteiger partial charge < -0.3 is 11.1 Å². The zero-order chi connectivity index (χ0) is 19.7. The van der Waals surface area contributed by atoms with Gasteiger partial charge in [0.25, 0.3) is 0 Å². The Labute approximate surface area is 172 Å². The monoisotopic (exact) mass is 382 g/mol. The molecule has 0 rings (SSSR count). The van der Waals surface area contributed by atoms with E-state index in [0.29, 0.717) is 0 Å². The molecule has 0 saturated heterocycles. The lowest BCUT2D eigenvalue weighted by Crippen LogP contribution is -2.17. The summed E-state index contributed by atoms with van der Waals surface area (Å²) in [6.45, 7) is 5.48. The summed E-state index contributed by atoms with van der Waals surface area (Å²) in [6.07, 6.45) is 30.0. The molecule has 0 aliphatic heterocycles. The minimum atomic E-state index is 0.834. The SMILES string of the molecule is CCCCCCCCCCCCCCCCCCCCCNCCCCN. The van der Waals surface area contributed by atoms with Gasteiger partial charge in [0, 0.05) is 0 Å². The zero-order valence-corrected chi connectivity index (χ0v) is 19.0. The molecule has 3 N–H and O–H groups in total. The first kappa shape index (κ1) is 26.9. The lowest BCUT2D eigenvalue weighted by molar-refractivity contribution is 0.519. The van der Waals surface area contributed by atoms with Crippen molar-refractivity contribution in [2.45, 2.75) is 142 Å². The van der Waals surface area contributed by atoms with Gasteiger partial charge >= 0.3 is 0 Å². The largest absolute Gasteiger partial charge is 0.330 e. The molecule has 0 amide bonds. The van der Waals surface area contributed by atoms with Crippen molar-refractivity contribution in [2.75, 3.05) is 19.6 Å². The van der Waals surface area contributed by atoms with Gasteiger partial charge in [-0.15, -0.1) is 0 Å². The van der Waals surface area contributed by atoms with Gasteiger partial charge in [0.05, 0.1) is 0 Å². The third-order valence-corrected chi connectivity index (χ3v) is 5.76. The summed E-state index contributed by atoms with van der Waals surface area (Å²) in [5, 5.41) is 3.52. The fourth-order valence-corrected chi connectivity index (χ4v) is 3.85. The Morgan fingerprint density at radius 3 is 1.04 bits per heavy atom. The van der Waals surface area contributed by atoms with E-state index in [1.54, 1.807) is 0 Å². The number of hydrogen-bond acceptors (Lipinski definition) is 2. The Morgan fingerprint density at radius 2 is 0.704 bits per heavy atom. The smallest absolute Gasteiger partial charge is 0.00484 e. The second kappa shape index (κ2) is 25.9. The number of unbranched alkanes of at least 4 members (excludes halogenated alkanes) is 19. The van der Waals surface area contributed by atoms with E-state index in [9.17, 15) is 0 Å². The maximum atomic E-state index is 5.49. The first-order valence-electron chi connectivity index (χ1n) is 12.8. The van der Waals surface area contributed by atoms with E-state index in [-0.39, 0.29) is 0 Å². The molecule has 0 spiro atoms. The van der Waals surface area contributed by atoms with Crippen LogP contribution in [0.4, 0.5) is 0 Å². The highest BCUT2D eigenvalue weighted by atomic mass is 14.8. The van der Waals surface area contributed by atoms with E-state index < -0.39 is 0 Å². The van der Waals surface area contributed by atoms with Crippen LogP contribution < -0.4 is 11.1 Å². The fraction of sp³-hybridized carbons (Fsp3) is 1.00. The van der Waals surface area contributed by atoms with E-state index in [1.165, 1.54) is 135 Å². The van der Waals surface area contributed by atoms with Crippen LogP contribution in [0.5, 0.6) is 0 Å². The highest BCUT2D eigenvalue weighted by Crippen LogP contribution is 2.14. The molecule has 164 valence electrons. The van der Waals surface area contributed by atoms with Crippen molar-refractivity contribution < 1.29 is 0 Å². The lowest BCUT2D eigenvalue weighted by Gasteiger charge is -2.05. The Morgan fingerprint density at radius 1 is 0.407 bits per heavy atom. The molecule has 0 saturated carbocycles. The molecule has 0 bridgehead atoms. The molecular weight excluding hydrogens is 328 g/mol. The second-order valence-corrected chi connectivity index (χ2v) is 8.61. The van der Waals surface area contributed by atoms with Gasteiger partial charge in [0.15, 0.2) is 0 Å². The molecule has 0 aliphatic carbocycles. The predicted octanol–water partition coefficient (Wildman–Crippen LogP) is 7.75. The van der Waals surface area contributed by atoms with Crippen LogP contribution in [0.2, 0.25) is 0 Å². The lowest BCUT2D eigenvalue weighted by atomic mass is 10.0. The number of hydrogen-bond donors (Lipinski definition) is 2. The molecule has 0 aromatic rings. The quantitative estimate of drug-likeness (QED) is 0.167. The molecule has 0 fully saturated rings. The topological polar surface area (TPSA) is 38.0 Å². The first-order valence-corrected chi connectivity index (χ1v) is 12.8. The molecular formula is C25H54N2. The normalized spacial score (nSPS) is 11.3. The molecule has 0 aromatic heterocycles. The van der Waals surface area contributed by atoms with Crippen molar-refractivity contribution >= 4 is 0 Å².